The van der Waals surface area contributed by atoms with Gasteiger partial charge in [0.25, 0.3) is 0 Å². The van der Waals surface area contributed by atoms with Gasteiger partial charge in [-0.3, -0.25) is 4.90 Å². The lowest BCUT2D eigenvalue weighted by molar-refractivity contribution is 0.0728. The van der Waals surface area contributed by atoms with Crippen LogP contribution in [0.1, 0.15) is 57.9 Å². The zero-order chi connectivity index (χ0) is 18.6. The quantitative estimate of drug-likeness (QED) is 0.810. The second-order valence-corrected chi connectivity index (χ2v) is 9.33. The fourth-order valence-corrected chi connectivity index (χ4v) is 5.22. The molecule has 3 fully saturated rings. The fourth-order valence-electron chi connectivity index (χ4n) is 5.22. The molecular weight excluding hydrogens is 334 g/mol. The van der Waals surface area contributed by atoms with Crippen LogP contribution in [0.4, 0.5) is 5.95 Å². The number of nitrogens with zero attached hydrogens (tertiary/aromatic N) is 5. The average Bonchev–Trinajstić information content (AvgIpc) is 2.69. The number of anilines is 1. The lowest BCUT2D eigenvalue weighted by atomic mass is 9.95. The molecule has 5 heteroatoms. The van der Waals surface area contributed by atoms with Crippen LogP contribution in [0, 0.1) is 11.8 Å². The van der Waals surface area contributed by atoms with Gasteiger partial charge in [0.05, 0.1) is 0 Å². The molecule has 0 aromatic carbocycles. The van der Waals surface area contributed by atoms with Gasteiger partial charge in [0.15, 0.2) is 0 Å². The normalized spacial score (nSPS) is 29.2. The third-order valence-corrected chi connectivity index (χ3v) is 6.80. The summed E-state index contributed by atoms with van der Waals surface area (Å²) in [4.78, 5) is 17.1. The summed E-state index contributed by atoms with van der Waals surface area (Å²) in [6.45, 7) is 13.0. The SMILES string of the molecule is C[C@H]1CCCN(c2ncc(CN3CCC(N4CCC[C@H](C)C4)CC3)cn2)C1. The van der Waals surface area contributed by atoms with Crippen LogP contribution in [-0.4, -0.2) is 65.1 Å². The van der Waals surface area contributed by atoms with Crippen molar-refractivity contribution < 1.29 is 0 Å². The Morgan fingerprint density at radius 2 is 1.52 bits per heavy atom. The maximum absolute atomic E-state index is 4.68. The smallest absolute Gasteiger partial charge is 0.225 e. The lowest BCUT2D eigenvalue weighted by Gasteiger charge is -2.41. The largest absolute Gasteiger partial charge is 0.341 e. The predicted octanol–water partition coefficient (Wildman–Crippen LogP) is 3.41. The average molecular weight is 372 g/mol. The summed E-state index contributed by atoms with van der Waals surface area (Å²) < 4.78 is 0. The standard InChI is InChI=1S/C22H37N5/c1-18-5-3-9-26(15-18)21-7-11-25(12-8-21)17-20-13-23-22(24-14-20)27-10-4-6-19(2)16-27/h13-14,18-19,21H,3-12,15-17H2,1-2H3/t18-,19-/m0/s1. The van der Waals surface area contributed by atoms with E-state index in [0.717, 1.165) is 43.5 Å². The maximum Gasteiger partial charge on any atom is 0.225 e. The molecule has 0 bridgehead atoms. The predicted molar refractivity (Wildman–Crippen MR) is 111 cm³/mol. The Morgan fingerprint density at radius 3 is 2.19 bits per heavy atom. The van der Waals surface area contributed by atoms with Crippen molar-refractivity contribution in [1.29, 1.82) is 0 Å². The highest BCUT2D eigenvalue weighted by Gasteiger charge is 2.27. The molecule has 3 aliphatic rings. The molecule has 3 saturated heterocycles. The van der Waals surface area contributed by atoms with Gasteiger partial charge < -0.3 is 9.80 Å². The number of likely N-dealkylation sites (tertiary alicyclic amines) is 2. The molecule has 0 N–H and O–H groups in total. The van der Waals surface area contributed by atoms with Gasteiger partial charge >= 0.3 is 0 Å². The van der Waals surface area contributed by atoms with Gasteiger partial charge in [-0.1, -0.05) is 13.8 Å². The van der Waals surface area contributed by atoms with E-state index in [1.165, 1.54) is 70.3 Å². The highest BCUT2D eigenvalue weighted by Crippen LogP contribution is 2.24. The number of hydrogen-bond donors (Lipinski definition) is 0. The summed E-state index contributed by atoms with van der Waals surface area (Å²) in [7, 11) is 0. The Bertz CT molecular complexity index is 581. The molecular formula is C22H37N5. The summed E-state index contributed by atoms with van der Waals surface area (Å²) in [5.74, 6) is 2.56. The Morgan fingerprint density at radius 1 is 0.852 bits per heavy atom. The molecule has 1 aromatic heterocycles. The minimum Gasteiger partial charge on any atom is -0.341 e. The van der Waals surface area contributed by atoms with Crippen LogP contribution in [0.2, 0.25) is 0 Å². The molecule has 3 aliphatic heterocycles. The van der Waals surface area contributed by atoms with Crippen LogP contribution in [0.25, 0.3) is 0 Å². The summed E-state index contributed by atoms with van der Waals surface area (Å²) in [6, 6.07) is 0.809. The molecule has 4 heterocycles. The highest BCUT2D eigenvalue weighted by molar-refractivity contribution is 5.30. The number of rotatable bonds is 4. The van der Waals surface area contributed by atoms with Crippen LogP contribution in [0.15, 0.2) is 12.4 Å². The third kappa shape index (κ3) is 5.00. The van der Waals surface area contributed by atoms with E-state index in [2.05, 4.69) is 50.9 Å². The van der Waals surface area contributed by atoms with Crippen molar-refractivity contribution in [3.8, 4) is 0 Å². The molecule has 150 valence electrons. The van der Waals surface area contributed by atoms with Crippen LogP contribution in [0.3, 0.4) is 0 Å². The molecule has 5 nitrogen and oxygen atoms in total. The van der Waals surface area contributed by atoms with E-state index < -0.39 is 0 Å². The van der Waals surface area contributed by atoms with Crippen molar-refractivity contribution in [2.24, 2.45) is 11.8 Å². The summed E-state index contributed by atoms with van der Waals surface area (Å²) in [6.07, 6.45) is 12.1. The molecule has 4 rings (SSSR count). The van der Waals surface area contributed by atoms with Gasteiger partial charge in [0, 0.05) is 50.2 Å². The molecule has 0 amide bonds. The second kappa shape index (κ2) is 8.87. The Kier molecular flexibility index (Phi) is 6.28. The van der Waals surface area contributed by atoms with Gasteiger partial charge in [-0.2, -0.15) is 0 Å². The van der Waals surface area contributed by atoms with Gasteiger partial charge in [-0.15, -0.1) is 0 Å². The highest BCUT2D eigenvalue weighted by atomic mass is 15.3. The van der Waals surface area contributed by atoms with Crippen molar-refractivity contribution in [1.82, 2.24) is 19.8 Å². The van der Waals surface area contributed by atoms with Gasteiger partial charge in [0.1, 0.15) is 0 Å². The zero-order valence-electron chi connectivity index (χ0n) is 17.3. The monoisotopic (exact) mass is 371 g/mol. The molecule has 0 aliphatic carbocycles. The van der Waals surface area contributed by atoms with Crippen molar-refractivity contribution in [3.05, 3.63) is 18.0 Å². The molecule has 1 aromatic rings. The first kappa shape index (κ1) is 19.1. The van der Waals surface area contributed by atoms with E-state index in [0.29, 0.717) is 0 Å². The number of aromatic nitrogens is 2. The Balaban J connectivity index is 1.25. The van der Waals surface area contributed by atoms with Gasteiger partial charge in [0.2, 0.25) is 5.95 Å². The topological polar surface area (TPSA) is 35.5 Å². The van der Waals surface area contributed by atoms with Crippen molar-refractivity contribution in [3.63, 3.8) is 0 Å². The van der Waals surface area contributed by atoms with E-state index in [-0.39, 0.29) is 0 Å². The maximum atomic E-state index is 4.68. The van der Waals surface area contributed by atoms with Crippen LogP contribution < -0.4 is 4.90 Å². The lowest BCUT2D eigenvalue weighted by Crippen LogP contribution is -2.48. The Hall–Kier alpha value is -1.20. The van der Waals surface area contributed by atoms with Crippen LogP contribution in [-0.2, 0) is 6.54 Å². The van der Waals surface area contributed by atoms with Crippen LogP contribution >= 0.6 is 0 Å². The van der Waals surface area contributed by atoms with E-state index in [1.807, 2.05) is 0 Å². The Labute approximate surface area is 165 Å². The molecule has 0 unspecified atom stereocenters. The molecule has 2 atom stereocenters. The molecule has 0 radical (unpaired) electrons. The minimum absolute atomic E-state index is 0.756. The van der Waals surface area contributed by atoms with Gasteiger partial charge in [-0.05, 0) is 70.0 Å². The van der Waals surface area contributed by atoms with Crippen molar-refractivity contribution >= 4 is 5.95 Å². The van der Waals surface area contributed by atoms with Crippen molar-refractivity contribution in [2.45, 2.75) is 65.0 Å². The molecule has 0 saturated carbocycles. The summed E-state index contributed by atoms with van der Waals surface area (Å²) in [5, 5.41) is 0. The first-order valence-corrected chi connectivity index (χ1v) is 11.2. The van der Waals surface area contributed by atoms with E-state index in [4.69, 9.17) is 0 Å². The third-order valence-electron chi connectivity index (χ3n) is 6.80. The van der Waals surface area contributed by atoms with E-state index in [9.17, 15) is 0 Å². The summed E-state index contributed by atoms with van der Waals surface area (Å²) in [5.41, 5.74) is 1.26. The number of piperidine rings is 3. The first-order chi connectivity index (χ1) is 13.2. The minimum atomic E-state index is 0.756. The molecule has 27 heavy (non-hydrogen) atoms. The number of hydrogen-bond acceptors (Lipinski definition) is 5. The first-order valence-electron chi connectivity index (χ1n) is 11.2. The summed E-state index contributed by atoms with van der Waals surface area (Å²) >= 11 is 0. The zero-order valence-corrected chi connectivity index (χ0v) is 17.3. The fraction of sp³-hybridized carbons (Fsp3) is 0.818. The van der Waals surface area contributed by atoms with Crippen LogP contribution in [0.5, 0.6) is 0 Å². The van der Waals surface area contributed by atoms with Crippen molar-refractivity contribution in [2.75, 3.05) is 44.2 Å². The molecule has 0 spiro atoms. The van der Waals surface area contributed by atoms with Gasteiger partial charge in [-0.25, -0.2) is 9.97 Å². The van der Waals surface area contributed by atoms with E-state index in [1.54, 1.807) is 0 Å². The second-order valence-electron chi connectivity index (χ2n) is 9.33. The van der Waals surface area contributed by atoms with E-state index >= 15 is 0 Å².